The number of ether oxygens (including phenoxy) is 8. The van der Waals surface area contributed by atoms with E-state index in [2.05, 4.69) is 55.1 Å². The molecule has 0 aromatic carbocycles. The second kappa shape index (κ2) is 29.1. The van der Waals surface area contributed by atoms with Crippen LogP contribution in [0.4, 0.5) is 4.79 Å². The fraction of sp³-hybridized carbons (Fsp3) is 0.959. The van der Waals surface area contributed by atoms with E-state index in [1.165, 1.54) is 6.66 Å². The summed E-state index contributed by atoms with van der Waals surface area (Å²) in [4.78, 5) is 47.1. The maximum atomic E-state index is 13.3. The Kier molecular flexibility index (Phi) is 24.7. The molecule has 0 aromatic heterocycles. The molecule has 23 heteroatoms. The minimum Gasteiger partial charge on any atom is -0.799 e. The molecule has 4 aliphatic carbocycles. The lowest BCUT2D eigenvalue weighted by Gasteiger charge is -2.62. The van der Waals surface area contributed by atoms with Crippen LogP contribution in [0.2, 0.25) is 0 Å². The normalized spacial score (nSPS) is 36.2. The van der Waals surface area contributed by atoms with Crippen molar-refractivity contribution in [3.8, 4) is 0 Å². The Hall–Kier alpha value is -0.190. The highest BCUT2D eigenvalue weighted by molar-refractivity contribution is 8.00. The van der Waals surface area contributed by atoms with Crippen LogP contribution in [0.3, 0.4) is 0 Å². The Morgan fingerprint density at radius 1 is 0.792 bits per heavy atom. The average Bonchev–Trinajstić information content (AvgIpc) is 4.10. The summed E-state index contributed by atoms with van der Waals surface area (Å²) in [6.07, 6.45) is 12.0. The van der Waals surface area contributed by atoms with Crippen LogP contribution in [0.1, 0.15) is 97.3 Å². The van der Waals surface area contributed by atoms with Gasteiger partial charge in [-0.3, -0.25) is 4.79 Å². The summed E-state index contributed by atoms with van der Waals surface area (Å²) in [5.41, 5.74) is -0.262. The zero-order chi connectivity index (χ0) is 51.8. The van der Waals surface area contributed by atoms with E-state index in [4.69, 9.17) is 42.4 Å². The zero-order valence-corrected chi connectivity index (χ0v) is 47.7. The Balaban J connectivity index is 0.000000321. The number of urea groups is 1. The summed E-state index contributed by atoms with van der Waals surface area (Å²) < 4.78 is 75.5. The number of methoxy groups -OCH3 is 1. The van der Waals surface area contributed by atoms with Gasteiger partial charge >= 0.3 is 6.03 Å². The van der Waals surface area contributed by atoms with Crippen LogP contribution in [0.15, 0.2) is 0 Å². The van der Waals surface area contributed by atoms with Gasteiger partial charge in [-0.15, -0.1) is 0 Å². The number of unbranched alkanes of at least 4 members (excludes halogenated alkanes) is 1. The zero-order valence-electron chi connectivity index (χ0n) is 43.3. The molecule has 4 saturated carbocycles. The molecule has 0 radical (unpaired) electrons. The SMILES string of the molecule is COCCOCCOCCOCCOCCOCCOP(=O)([O-])C1CCC2(C)C(CCC3C2CCC2(C)C3CCC23OC(CS)C(CS)O3)C1.CP(=O)([O-])CCNC(=O)CCCCC1SCC2NC(=O)NC21. The Morgan fingerprint density at radius 3 is 1.99 bits per heavy atom. The molecular weight excluding hydrogens is 1030 g/mol. The molecule has 14 atom stereocenters. The third-order valence-electron chi connectivity index (χ3n) is 16.9. The van der Waals surface area contributed by atoms with Crippen molar-refractivity contribution in [1.82, 2.24) is 16.0 Å². The highest BCUT2D eigenvalue weighted by atomic mass is 32.2. The smallest absolute Gasteiger partial charge is 0.315 e. The van der Waals surface area contributed by atoms with Gasteiger partial charge < -0.3 is 77.3 Å². The minimum absolute atomic E-state index is 0.00533. The van der Waals surface area contributed by atoms with Crippen molar-refractivity contribution in [2.24, 2.45) is 34.5 Å². The van der Waals surface area contributed by atoms with E-state index in [0.29, 0.717) is 126 Å². The number of carbonyl (C=O) groups excluding carboxylic acids is 2. The van der Waals surface area contributed by atoms with E-state index in [9.17, 15) is 28.5 Å². The molecule has 3 amide bonds. The molecule has 3 N–H and O–H groups in total. The lowest BCUT2D eigenvalue weighted by atomic mass is 9.45. The lowest BCUT2D eigenvalue weighted by molar-refractivity contribution is -0.257. The van der Waals surface area contributed by atoms with Crippen LogP contribution in [0, 0.1) is 34.5 Å². The van der Waals surface area contributed by atoms with Crippen molar-refractivity contribution < 1.29 is 70.9 Å². The largest absolute Gasteiger partial charge is 0.799 e. The summed E-state index contributed by atoms with van der Waals surface area (Å²) in [6.45, 7) is 11.4. The van der Waals surface area contributed by atoms with Gasteiger partial charge in [-0.25, -0.2) is 4.79 Å². The number of fused-ring (bicyclic) bond motifs is 7. The van der Waals surface area contributed by atoms with Gasteiger partial charge in [0.25, 0.3) is 0 Å². The maximum Gasteiger partial charge on any atom is 0.315 e. The van der Waals surface area contributed by atoms with E-state index in [0.717, 1.165) is 70.0 Å². The molecule has 0 aromatic rings. The molecule has 7 rings (SSSR count). The van der Waals surface area contributed by atoms with Crippen molar-refractivity contribution in [2.75, 3.05) is 123 Å². The Morgan fingerprint density at radius 2 is 1.39 bits per heavy atom. The highest BCUT2D eigenvalue weighted by Crippen LogP contribution is 2.71. The van der Waals surface area contributed by atoms with Crippen LogP contribution >= 0.6 is 52.0 Å². The predicted octanol–water partition coefficient (Wildman–Crippen LogP) is 5.13. The quantitative estimate of drug-likeness (QED) is 0.0271. The van der Waals surface area contributed by atoms with Gasteiger partial charge in [0, 0.05) is 73.6 Å². The average molecular weight is 1120 g/mol. The number of nitrogens with one attached hydrogen (secondary N) is 3. The van der Waals surface area contributed by atoms with Crippen LogP contribution in [0.25, 0.3) is 0 Å². The van der Waals surface area contributed by atoms with E-state index in [-0.39, 0.29) is 73.0 Å². The molecule has 7 aliphatic rings. The lowest BCUT2D eigenvalue weighted by Crippen LogP contribution is -2.57. The van der Waals surface area contributed by atoms with Crippen molar-refractivity contribution >= 4 is 63.9 Å². The van der Waals surface area contributed by atoms with E-state index in [1.807, 2.05) is 11.8 Å². The van der Waals surface area contributed by atoms with Gasteiger partial charge in [-0.05, 0) is 100.0 Å². The fourth-order valence-corrected chi connectivity index (χ4v) is 17.2. The number of hydrogen-bond acceptors (Lipinski definition) is 18. The summed E-state index contributed by atoms with van der Waals surface area (Å²) in [5, 5.41) is 8.90. The topological polar surface area (TPSA) is 234 Å². The minimum atomic E-state index is -4.00. The van der Waals surface area contributed by atoms with Crippen molar-refractivity contribution in [1.29, 1.82) is 0 Å². The van der Waals surface area contributed by atoms with Gasteiger partial charge in [0.15, 0.2) is 5.79 Å². The molecule has 7 fully saturated rings. The first-order valence-corrected chi connectivity index (χ1v) is 32.8. The van der Waals surface area contributed by atoms with Crippen LogP contribution in [0.5, 0.6) is 0 Å². The van der Waals surface area contributed by atoms with Crippen molar-refractivity contribution in [3.63, 3.8) is 0 Å². The van der Waals surface area contributed by atoms with Crippen LogP contribution in [-0.2, 0) is 56.3 Å². The summed E-state index contributed by atoms with van der Waals surface area (Å²) in [5.74, 6) is 3.85. The molecule has 1 spiro atoms. The molecule has 14 unspecified atom stereocenters. The summed E-state index contributed by atoms with van der Waals surface area (Å²) in [7, 11) is -5.65. The summed E-state index contributed by atoms with van der Waals surface area (Å²) >= 11 is 11.0. The number of thioether (sulfide) groups is 1. The molecule has 418 valence electrons. The van der Waals surface area contributed by atoms with Gasteiger partial charge in [0.1, 0.15) is 7.60 Å². The highest BCUT2D eigenvalue weighted by Gasteiger charge is 2.69. The van der Waals surface area contributed by atoms with Gasteiger partial charge in [0.05, 0.1) is 104 Å². The number of thiol groups is 2. The third kappa shape index (κ3) is 16.4. The summed E-state index contributed by atoms with van der Waals surface area (Å²) in [6, 6.07) is 0.371. The second-order valence-corrected chi connectivity index (χ2v) is 27.9. The standard InChI is InChI=1S/C36H65O11PS2.C13H24N3O4PS/c1-34-9-6-28(48(37,38)45-23-22-44-21-20-43-19-18-42-17-16-41-15-14-40-13-12-39-3)24-27(34)4-5-29-30(34)7-10-35(2)31(29)8-11-36(35)46-32(25-49)33(26-50)47-36;1-21(19,20)7-6-14-11(17)5-3-2-4-10-12-9(8-22-10)15-13(18)16-12/h27-33,49-50H,4-26H2,1-3H3,(H,37,38);9-10,12H,2-8H2,1H3,(H,14,17)(H,19,20)(H2,15,16,18)/p-2. The third-order valence-corrected chi connectivity index (χ3v) is 22.1. The monoisotopic (exact) mass is 1120 g/mol. The van der Waals surface area contributed by atoms with E-state index in [1.54, 1.807) is 7.11 Å². The Labute approximate surface area is 444 Å². The number of amides is 3. The molecular formula is C49H87N3O15P2S3-2. The molecule has 0 bridgehead atoms. The molecule has 18 nitrogen and oxygen atoms in total. The fourth-order valence-electron chi connectivity index (χ4n) is 13.1. The first kappa shape index (κ1) is 61.0. The van der Waals surface area contributed by atoms with Crippen molar-refractivity contribution in [3.05, 3.63) is 0 Å². The second-order valence-electron chi connectivity index (χ2n) is 21.4. The van der Waals surface area contributed by atoms with Gasteiger partial charge in [-0.1, -0.05) is 20.3 Å². The number of rotatable bonds is 30. The molecule has 3 heterocycles. The first-order chi connectivity index (χ1) is 34.5. The van der Waals surface area contributed by atoms with Gasteiger partial charge in [0.2, 0.25) is 5.91 Å². The Bertz CT molecular complexity index is 1770. The first-order valence-electron chi connectivity index (χ1n) is 26.6. The predicted molar refractivity (Wildman–Crippen MR) is 281 cm³/mol. The van der Waals surface area contributed by atoms with E-state index < -0.39 is 26.4 Å². The maximum absolute atomic E-state index is 13.3. The van der Waals surface area contributed by atoms with Crippen LogP contribution in [-0.4, -0.2) is 176 Å². The van der Waals surface area contributed by atoms with Crippen molar-refractivity contribution in [2.45, 2.75) is 138 Å². The number of carbonyl (C=O) groups is 2. The molecule has 3 saturated heterocycles. The van der Waals surface area contributed by atoms with E-state index >= 15 is 0 Å². The van der Waals surface area contributed by atoms with Gasteiger partial charge in [-0.2, -0.15) is 37.0 Å². The number of hydrogen-bond donors (Lipinski definition) is 5. The molecule has 3 aliphatic heterocycles. The molecule has 72 heavy (non-hydrogen) atoms. The van der Waals surface area contributed by atoms with Crippen LogP contribution < -0.4 is 25.7 Å².